The van der Waals surface area contributed by atoms with Crippen LogP contribution >= 0.6 is 7.82 Å². The fraction of sp³-hybridized carbons (Fsp3) is 0.840. The Morgan fingerprint density at radius 2 is 1.44 bits per heavy atom. The topological polar surface area (TPSA) is 149 Å². The van der Waals surface area contributed by atoms with E-state index in [2.05, 4.69) is 18.4 Å². The third-order valence-corrected chi connectivity index (χ3v) is 6.15. The number of carbonyl (C=O) groups excluding carboxylic acids is 2. The van der Waals surface area contributed by atoms with Crippen molar-refractivity contribution >= 4 is 19.8 Å². The quantitative estimate of drug-likeness (QED) is 0.0689. The molecule has 0 aromatic rings. The predicted molar refractivity (Wildman–Crippen MR) is 136 cm³/mol. The molecule has 1 unspecified atom stereocenters. The number of allylic oxidation sites excluding steroid dienone is 1. The van der Waals surface area contributed by atoms with Gasteiger partial charge in [0.2, 0.25) is 0 Å². The van der Waals surface area contributed by atoms with E-state index in [1.165, 1.54) is 25.7 Å². The standard InChI is InChI=1S/C25H47O10P/c1-3-5-7-9-10-11-12-13-15-16-24(28)32-20-23(35-25(29)17-14-8-6-4-2)21-34-36(30,31)33-19-22(27)18-26/h13,15,22-23,26-27H,3-12,14,16-21H2,1-2H3,(H,30,31)/b15-13-/t22-,23+/m0/s1. The number of rotatable bonds is 24. The van der Waals surface area contributed by atoms with Crippen LogP contribution in [-0.2, 0) is 32.7 Å². The second-order valence-electron chi connectivity index (χ2n) is 8.73. The summed E-state index contributed by atoms with van der Waals surface area (Å²) in [4.78, 5) is 33.9. The summed E-state index contributed by atoms with van der Waals surface area (Å²) < 4.78 is 31.8. The minimum absolute atomic E-state index is 0.0645. The van der Waals surface area contributed by atoms with Crippen molar-refractivity contribution in [1.82, 2.24) is 0 Å². The lowest BCUT2D eigenvalue weighted by atomic mass is 10.1. The molecule has 0 spiro atoms. The molecule has 0 aliphatic heterocycles. The van der Waals surface area contributed by atoms with Crippen LogP contribution in [-0.4, -0.2) is 65.7 Å². The number of aliphatic hydroxyl groups excluding tert-OH is 2. The average Bonchev–Trinajstić information content (AvgIpc) is 2.85. The molecule has 0 bridgehead atoms. The van der Waals surface area contributed by atoms with E-state index >= 15 is 0 Å². The molecular weight excluding hydrogens is 491 g/mol. The zero-order chi connectivity index (χ0) is 27.1. The number of phosphoric acid groups is 1. The van der Waals surface area contributed by atoms with Gasteiger partial charge in [0.25, 0.3) is 0 Å². The Morgan fingerprint density at radius 3 is 2.11 bits per heavy atom. The number of esters is 2. The molecule has 212 valence electrons. The Labute approximate surface area is 216 Å². The van der Waals surface area contributed by atoms with Crippen molar-refractivity contribution in [1.29, 1.82) is 0 Å². The minimum Gasteiger partial charge on any atom is -0.461 e. The Kier molecular flexibility index (Phi) is 22.1. The van der Waals surface area contributed by atoms with Gasteiger partial charge in [0.05, 0.1) is 26.2 Å². The first-order valence-electron chi connectivity index (χ1n) is 13.1. The SMILES string of the molecule is CCCCCCCC/C=C\CC(=O)OC[C@H](COP(=O)(O)OC[C@@H](O)CO)OC(=O)CCCCCC. The number of hydrogen-bond acceptors (Lipinski definition) is 9. The average molecular weight is 539 g/mol. The maximum atomic E-state index is 12.1. The second kappa shape index (κ2) is 22.9. The number of carbonyl (C=O) groups is 2. The Morgan fingerprint density at radius 1 is 0.833 bits per heavy atom. The minimum atomic E-state index is -4.59. The molecule has 0 amide bonds. The van der Waals surface area contributed by atoms with Crippen molar-refractivity contribution in [2.24, 2.45) is 0 Å². The summed E-state index contributed by atoms with van der Waals surface area (Å²) in [5, 5.41) is 18.0. The molecule has 3 atom stereocenters. The third-order valence-electron chi connectivity index (χ3n) is 5.20. The molecule has 0 radical (unpaired) electrons. The van der Waals surface area contributed by atoms with Gasteiger partial charge in [-0.2, -0.15) is 0 Å². The van der Waals surface area contributed by atoms with E-state index in [4.69, 9.17) is 19.1 Å². The van der Waals surface area contributed by atoms with Crippen LogP contribution in [0.5, 0.6) is 0 Å². The molecule has 0 saturated heterocycles. The van der Waals surface area contributed by atoms with E-state index in [0.29, 0.717) is 6.42 Å². The van der Waals surface area contributed by atoms with Gasteiger partial charge in [-0.05, 0) is 19.3 Å². The third kappa shape index (κ3) is 21.9. The highest BCUT2D eigenvalue weighted by Crippen LogP contribution is 2.43. The molecule has 10 nitrogen and oxygen atoms in total. The highest BCUT2D eigenvalue weighted by atomic mass is 31.2. The zero-order valence-electron chi connectivity index (χ0n) is 22.0. The summed E-state index contributed by atoms with van der Waals surface area (Å²) in [6, 6.07) is 0. The zero-order valence-corrected chi connectivity index (χ0v) is 22.9. The van der Waals surface area contributed by atoms with Gasteiger partial charge in [-0.1, -0.05) is 77.4 Å². The Balaban J connectivity index is 4.55. The summed E-state index contributed by atoms with van der Waals surface area (Å²) in [5.41, 5.74) is 0. The van der Waals surface area contributed by atoms with Gasteiger partial charge in [0.15, 0.2) is 6.10 Å². The monoisotopic (exact) mass is 538 g/mol. The van der Waals surface area contributed by atoms with Crippen LogP contribution in [0.3, 0.4) is 0 Å². The highest BCUT2D eigenvalue weighted by Gasteiger charge is 2.27. The molecule has 0 aliphatic rings. The summed E-state index contributed by atoms with van der Waals surface area (Å²) in [6.07, 6.45) is 13.1. The fourth-order valence-electron chi connectivity index (χ4n) is 3.09. The first-order valence-corrected chi connectivity index (χ1v) is 14.6. The number of ether oxygens (including phenoxy) is 2. The van der Waals surface area contributed by atoms with Crippen molar-refractivity contribution in [2.75, 3.05) is 26.4 Å². The smallest absolute Gasteiger partial charge is 0.461 e. The van der Waals surface area contributed by atoms with Crippen LogP contribution in [0.25, 0.3) is 0 Å². The van der Waals surface area contributed by atoms with Crippen LogP contribution in [0.1, 0.15) is 97.3 Å². The van der Waals surface area contributed by atoms with Gasteiger partial charge in [-0.15, -0.1) is 0 Å². The molecule has 36 heavy (non-hydrogen) atoms. The van der Waals surface area contributed by atoms with Crippen molar-refractivity contribution in [3.63, 3.8) is 0 Å². The lowest BCUT2D eigenvalue weighted by molar-refractivity contribution is -0.160. The summed E-state index contributed by atoms with van der Waals surface area (Å²) in [5.74, 6) is -1.05. The molecule has 0 rings (SSSR count). The molecule has 0 saturated carbocycles. The molecule has 0 fully saturated rings. The molecule has 11 heteroatoms. The molecule has 0 aromatic carbocycles. The molecular formula is C25H47O10P. The summed E-state index contributed by atoms with van der Waals surface area (Å²) in [7, 11) is -4.59. The van der Waals surface area contributed by atoms with E-state index in [9.17, 15) is 24.2 Å². The van der Waals surface area contributed by atoms with Gasteiger partial charge in [-0.3, -0.25) is 18.6 Å². The number of phosphoric ester groups is 1. The Hall–Kier alpha value is -1.29. The Bertz CT molecular complexity index is 640. The molecule has 3 N–H and O–H groups in total. The van der Waals surface area contributed by atoms with Gasteiger partial charge >= 0.3 is 19.8 Å². The van der Waals surface area contributed by atoms with Gasteiger partial charge < -0.3 is 24.6 Å². The fourth-order valence-corrected chi connectivity index (χ4v) is 3.88. The number of hydrogen-bond donors (Lipinski definition) is 3. The van der Waals surface area contributed by atoms with Gasteiger partial charge in [0.1, 0.15) is 12.7 Å². The van der Waals surface area contributed by atoms with Crippen LogP contribution in [0.4, 0.5) is 0 Å². The first kappa shape index (κ1) is 34.7. The lowest BCUT2D eigenvalue weighted by Crippen LogP contribution is -2.29. The van der Waals surface area contributed by atoms with Crippen LogP contribution in [0, 0.1) is 0 Å². The van der Waals surface area contributed by atoms with E-state index in [1.807, 2.05) is 6.08 Å². The van der Waals surface area contributed by atoms with Gasteiger partial charge in [0, 0.05) is 6.42 Å². The van der Waals surface area contributed by atoms with Crippen molar-refractivity contribution < 1.29 is 47.8 Å². The van der Waals surface area contributed by atoms with E-state index < -0.39 is 51.8 Å². The normalized spacial score (nSPS) is 14.9. The molecule has 0 heterocycles. The van der Waals surface area contributed by atoms with Gasteiger partial charge in [-0.25, -0.2) is 4.57 Å². The number of aliphatic hydroxyl groups is 2. The van der Waals surface area contributed by atoms with Crippen LogP contribution in [0.15, 0.2) is 12.2 Å². The summed E-state index contributed by atoms with van der Waals surface area (Å²) >= 11 is 0. The maximum Gasteiger partial charge on any atom is 0.472 e. The van der Waals surface area contributed by atoms with E-state index in [-0.39, 0.29) is 19.4 Å². The highest BCUT2D eigenvalue weighted by molar-refractivity contribution is 7.47. The molecule has 0 aromatic heterocycles. The molecule has 0 aliphatic carbocycles. The van der Waals surface area contributed by atoms with E-state index in [0.717, 1.165) is 38.5 Å². The van der Waals surface area contributed by atoms with Crippen molar-refractivity contribution in [3.8, 4) is 0 Å². The second-order valence-corrected chi connectivity index (χ2v) is 10.2. The van der Waals surface area contributed by atoms with Crippen LogP contribution in [0.2, 0.25) is 0 Å². The van der Waals surface area contributed by atoms with Crippen molar-refractivity contribution in [2.45, 2.75) is 110 Å². The summed E-state index contributed by atoms with van der Waals surface area (Å²) in [6.45, 7) is 2.07. The largest absolute Gasteiger partial charge is 0.472 e. The predicted octanol–water partition coefficient (Wildman–Crippen LogP) is 4.60. The lowest BCUT2D eigenvalue weighted by Gasteiger charge is -2.20. The first-order chi connectivity index (χ1) is 17.2. The van der Waals surface area contributed by atoms with Crippen molar-refractivity contribution in [3.05, 3.63) is 12.2 Å². The van der Waals surface area contributed by atoms with E-state index in [1.54, 1.807) is 6.08 Å². The maximum absolute atomic E-state index is 12.1. The number of unbranched alkanes of at least 4 members (excludes halogenated alkanes) is 9. The van der Waals surface area contributed by atoms with Crippen LogP contribution < -0.4 is 0 Å².